The van der Waals surface area contributed by atoms with E-state index in [0.717, 1.165) is 22.8 Å². The second-order valence-electron chi connectivity index (χ2n) is 6.77. The standard InChI is InChI=1S/C21H15NO3S.Na/c23-26(24,25)21-11-19-9-17-7-15-5-13-3-1-2-4-14(13)6-16(15)8-18(17)10-20(19)12-22-21;/h1-4,6-9,11-12H,5,10H2,(H,23,24,25);/q;+1/p-1. The summed E-state index contributed by atoms with van der Waals surface area (Å²) >= 11 is 0. The van der Waals surface area contributed by atoms with E-state index in [1.165, 1.54) is 39.7 Å². The van der Waals surface area contributed by atoms with Crippen LogP contribution in [0, 0.1) is 0 Å². The molecule has 5 rings (SSSR count). The van der Waals surface area contributed by atoms with Gasteiger partial charge in [0.1, 0.15) is 15.1 Å². The van der Waals surface area contributed by atoms with E-state index in [2.05, 4.69) is 47.5 Å². The summed E-state index contributed by atoms with van der Waals surface area (Å²) in [6.07, 6.45) is 7.22. The molecule has 0 spiro atoms. The van der Waals surface area contributed by atoms with E-state index in [-0.39, 0.29) is 29.6 Å². The quantitative estimate of drug-likeness (QED) is 0.260. The number of rotatable bonds is 1. The number of hydrogen-bond donors (Lipinski definition) is 0. The molecule has 0 N–H and O–H groups in total. The summed E-state index contributed by atoms with van der Waals surface area (Å²) in [6, 6.07) is 14.1. The predicted molar refractivity (Wildman–Crippen MR) is 97.1 cm³/mol. The summed E-state index contributed by atoms with van der Waals surface area (Å²) in [5.41, 5.74) is 6.69. The summed E-state index contributed by atoms with van der Waals surface area (Å²) in [7, 11) is -4.55. The Morgan fingerprint density at radius 1 is 0.815 bits per heavy atom. The maximum absolute atomic E-state index is 11.2. The van der Waals surface area contributed by atoms with Crippen molar-refractivity contribution in [1.82, 2.24) is 4.98 Å². The van der Waals surface area contributed by atoms with Crippen molar-refractivity contribution in [2.24, 2.45) is 0 Å². The first-order chi connectivity index (χ1) is 12.5. The van der Waals surface area contributed by atoms with Gasteiger partial charge in [0, 0.05) is 12.6 Å². The van der Waals surface area contributed by atoms with Gasteiger partial charge in [-0.2, -0.15) is 0 Å². The molecule has 0 saturated heterocycles. The molecule has 0 amide bonds. The van der Waals surface area contributed by atoms with Crippen LogP contribution in [0.25, 0.3) is 12.2 Å². The topological polar surface area (TPSA) is 70.1 Å². The Morgan fingerprint density at radius 3 is 2.15 bits per heavy atom. The Bertz CT molecular complexity index is 1310. The van der Waals surface area contributed by atoms with E-state index in [9.17, 15) is 13.0 Å². The third-order valence-corrected chi connectivity index (χ3v) is 5.83. The fourth-order valence-electron chi connectivity index (χ4n) is 3.78. The first-order valence-corrected chi connectivity index (χ1v) is 9.76. The van der Waals surface area contributed by atoms with E-state index >= 15 is 0 Å². The molecule has 0 fully saturated rings. The fourth-order valence-corrected chi connectivity index (χ4v) is 4.23. The first kappa shape index (κ1) is 18.6. The zero-order valence-corrected chi connectivity index (χ0v) is 17.6. The molecule has 27 heavy (non-hydrogen) atoms. The van der Waals surface area contributed by atoms with Gasteiger partial charge in [-0.05, 0) is 68.5 Å². The number of fused-ring (bicyclic) bond motifs is 4. The average molecular weight is 383 g/mol. The van der Waals surface area contributed by atoms with Gasteiger partial charge in [0.05, 0.1) is 0 Å². The molecule has 2 aliphatic carbocycles. The third kappa shape index (κ3) is 3.30. The maximum Gasteiger partial charge on any atom is 1.00 e. The number of benzene rings is 2. The van der Waals surface area contributed by atoms with Crippen LogP contribution in [0.2, 0.25) is 0 Å². The molecule has 2 aliphatic rings. The molecule has 0 radical (unpaired) electrons. The van der Waals surface area contributed by atoms with Crippen LogP contribution in [0.4, 0.5) is 0 Å². The van der Waals surface area contributed by atoms with Crippen LogP contribution in [-0.2, 0) is 23.0 Å². The van der Waals surface area contributed by atoms with Crippen molar-refractivity contribution in [3.05, 3.63) is 92.5 Å². The van der Waals surface area contributed by atoms with Gasteiger partial charge in [0.2, 0.25) is 0 Å². The molecule has 0 bridgehead atoms. The fraction of sp³-hybridized carbons (Fsp3) is 0.0952. The van der Waals surface area contributed by atoms with Gasteiger partial charge in [-0.3, -0.25) is 0 Å². The van der Waals surface area contributed by atoms with Gasteiger partial charge >= 0.3 is 29.6 Å². The zero-order chi connectivity index (χ0) is 17.9. The summed E-state index contributed by atoms with van der Waals surface area (Å²) < 4.78 is 33.7. The molecule has 3 aromatic rings. The molecule has 128 valence electrons. The molecule has 4 nitrogen and oxygen atoms in total. The first-order valence-electron chi connectivity index (χ1n) is 8.35. The van der Waals surface area contributed by atoms with Gasteiger partial charge < -0.3 is 4.55 Å². The van der Waals surface area contributed by atoms with Gasteiger partial charge in [-0.25, -0.2) is 13.4 Å². The number of aromatic nitrogens is 1. The van der Waals surface area contributed by atoms with Crippen molar-refractivity contribution in [1.29, 1.82) is 0 Å². The predicted octanol–water partition coefficient (Wildman–Crippen LogP) is -1.54. The minimum Gasteiger partial charge on any atom is -0.743 e. The Kier molecular flexibility index (Phi) is 4.61. The molecule has 6 heteroatoms. The van der Waals surface area contributed by atoms with Crippen LogP contribution in [-0.4, -0.2) is 18.0 Å². The van der Waals surface area contributed by atoms with Crippen LogP contribution >= 0.6 is 0 Å². The second kappa shape index (κ2) is 6.69. The Morgan fingerprint density at radius 2 is 1.44 bits per heavy atom. The van der Waals surface area contributed by atoms with Crippen LogP contribution in [0.5, 0.6) is 0 Å². The van der Waals surface area contributed by atoms with E-state index in [1.54, 1.807) is 0 Å². The van der Waals surface area contributed by atoms with Gasteiger partial charge in [0.25, 0.3) is 0 Å². The van der Waals surface area contributed by atoms with Crippen molar-refractivity contribution in [2.45, 2.75) is 17.9 Å². The third-order valence-electron chi connectivity index (χ3n) is 5.09. The van der Waals surface area contributed by atoms with Crippen LogP contribution < -0.4 is 40.0 Å². The smallest absolute Gasteiger partial charge is 0.743 e. The second-order valence-corrected chi connectivity index (χ2v) is 8.09. The number of pyridine rings is 1. The van der Waals surface area contributed by atoms with E-state index in [1.807, 2.05) is 6.08 Å². The number of hydrogen-bond acceptors (Lipinski definition) is 4. The molecular weight excluding hydrogens is 369 g/mol. The Labute approximate surface area is 179 Å². The Hall–Kier alpha value is -1.76. The summed E-state index contributed by atoms with van der Waals surface area (Å²) in [6.45, 7) is 0. The summed E-state index contributed by atoms with van der Waals surface area (Å²) in [5, 5.41) is 1.88. The summed E-state index contributed by atoms with van der Waals surface area (Å²) in [4.78, 5) is 3.83. The maximum atomic E-state index is 11.2. The molecule has 0 saturated carbocycles. The van der Waals surface area contributed by atoms with Crippen molar-refractivity contribution in [3.63, 3.8) is 0 Å². The van der Waals surface area contributed by atoms with E-state index in [4.69, 9.17) is 0 Å². The SMILES string of the molecule is O=S(=O)([O-])c1cc2c(cn1)Cc1cc3c(cc1=C2)Cc1ccccc1C=3.[Na+]. The van der Waals surface area contributed by atoms with Crippen molar-refractivity contribution in [3.8, 4) is 0 Å². The normalized spacial score (nSPS) is 13.7. The minimum atomic E-state index is -4.55. The molecule has 0 atom stereocenters. The van der Waals surface area contributed by atoms with Gasteiger partial charge in [-0.15, -0.1) is 0 Å². The molecule has 2 aromatic carbocycles. The molecule has 0 aliphatic heterocycles. The monoisotopic (exact) mass is 383 g/mol. The molecule has 1 heterocycles. The van der Waals surface area contributed by atoms with Gasteiger partial charge in [-0.1, -0.05) is 36.4 Å². The van der Waals surface area contributed by atoms with Crippen molar-refractivity contribution >= 4 is 22.3 Å². The van der Waals surface area contributed by atoms with E-state index < -0.39 is 15.1 Å². The summed E-state index contributed by atoms with van der Waals surface area (Å²) in [5.74, 6) is 0. The van der Waals surface area contributed by atoms with Gasteiger partial charge in [0.15, 0.2) is 0 Å². The Balaban J connectivity index is 0.00000180. The number of nitrogens with zero attached hydrogens (tertiary/aromatic N) is 1. The van der Waals surface area contributed by atoms with Crippen LogP contribution in [0.1, 0.15) is 33.4 Å². The van der Waals surface area contributed by atoms with Crippen molar-refractivity contribution < 1.29 is 42.5 Å². The zero-order valence-electron chi connectivity index (χ0n) is 14.8. The van der Waals surface area contributed by atoms with Crippen LogP contribution in [0.3, 0.4) is 0 Å². The minimum absolute atomic E-state index is 0. The van der Waals surface area contributed by atoms with E-state index in [0.29, 0.717) is 6.42 Å². The molecule has 0 unspecified atom stereocenters. The average Bonchev–Trinajstić information content (AvgIpc) is 2.61. The largest absolute Gasteiger partial charge is 1.00 e. The molecule has 1 aromatic heterocycles. The van der Waals surface area contributed by atoms with Crippen LogP contribution in [0.15, 0.2) is 53.7 Å². The molecular formula is C21H14NNaO3S. The van der Waals surface area contributed by atoms with Crippen molar-refractivity contribution in [2.75, 3.05) is 0 Å².